The molecule has 6 nitrogen and oxygen atoms in total. The molecule has 3 rings (SSSR count). The minimum absolute atomic E-state index is 0.322. The molecule has 0 radical (unpaired) electrons. The molecule has 0 spiro atoms. The lowest BCUT2D eigenvalue weighted by molar-refractivity contribution is -0.136. The SMILES string of the molecule is CO[C@H]1C(=O)N2c3c(coc3C(C)(C)C)[C@@H](C)S(=O)(=O)[C@H]12. The van der Waals surface area contributed by atoms with E-state index < -0.39 is 26.6 Å². The Bertz CT molecular complexity index is 712. The van der Waals surface area contributed by atoms with E-state index in [0.717, 1.165) is 0 Å². The van der Waals surface area contributed by atoms with E-state index in [2.05, 4.69) is 0 Å². The Hall–Kier alpha value is -1.34. The fraction of sp³-hybridized carbons (Fsp3) is 0.643. The van der Waals surface area contributed by atoms with Crippen LogP contribution < -0.4 is 4.90 Å². The van der Waals surface area contributed by atoms with E-state index in [-0.39, 0.29) is 11.3 Å². The molecule has 7 heteroatoms. The van der Waals surface area contributed by atoms with Gasteiger partial charge in [-0.1, -0.05) is 20.8 Å². The number of methoxy groups -OCH3 is 1. The average molecular weight is 313 g/mol. The van der Waals surface area contributed by atoms with Crippen molar-refractivity contribution in [2.45, 2.75) is 49.8 Å². The fourth-order valence-electron chi connectivity index (χ4n) is 3.03. The molecule has 21 heavy (non-hydrogen) atoms. The Labute approximate surface area is 124 Å². The lowest BCUT2D eigenvalue weighted by Crippen LogP contribution is -2.71. The summed E-state index contributed by atoms with van der Waals surface area (Å²) in [5.41, 5.74) is 0.837. The molecule has 1 amide bonds. The Morgan fingerprint density at radius 2 is 1.95 bits per heavy atom. The second-order valence-electron chi connectivity index (χ2n) is 6.61. The highest BCUT2D eigenvalue weighted by molar-refractivity contribution is 7.92. The Kier molecular flexibility index (Phi) is 2.85. The number of carbonyl (C=O) groups excluding carboxylic acids is 1. The van der Waals surface area contributed by atoms with Crippen LogP contribution >= 0.6 is 0 Å². The smallest absolute Gasteiger partial charge is 0.260 e. The number of rotatable bonds is 1. The van der Waals surface area contributed by atoms with Crippen LogP contribution in [0.4, 0.5) is 5.69 Å². The average Bonchev–Trinajstić information content (AvgIpc) is 2.78. The van der Waals surface area contributed by atoms with Gasteiger partial charge in [0.1, 0.15) is 5.76 Å². The Balaban J connectivity index is 2.24. The fourth-order valence-corrected chi connectivity index (χ4v) is 5.05. The van der Waals surface area contributed by atoms with Crippen LogP contribution in [0.3, 0.4) is 0 Å². The highest BCUT2D eigenvalue weighted by Crippen LogP contribution is 2.51. The largest absolute Gasteiger partial charge is 0.466 e. The van der Waals surface area contributed by atoms with Crippen LogP contribution in [0.5, 0.6) is 0 Å². The molecular formula is C14H19NO5S. The third-order valence-corrected chi connectivity index (χ3v) is 6.60. The van der Waals surface area contributed by atoms with Crippen LogP contribution in [0.1, 0.15) is 44.3 Å². The van der Waals surface area contributed by atoms with Crippen molar-refractivity contribution in [2.75, 3.05) is 12.0 Å². The molecular weight excluding hydrogens is 294 g/mol. The maximum absolute atomic E-state index is 12.6. The molecule has 2 aliphatic rings. The Morgan fingerprint density at radius 1 is 1.33 bits per heavy atom. The van der Waals surface area contributed by atoms with Crippen molar-refractivity contribution in [3.8, 4) is 0 Å². The summed E-state index contributed by atoms with van der Waals surface area (Å²) in [6.45, 7) is 7.52. The van der Waals surface area contributed by atoms with Gasteiger partial charge < -0.3 is 9.15 Å². The number of hydrogen-bond donors (Lipinski definition) is 0. The molecule has 0 N–H and O–H groups in total. The normalized spacial score (nSPS) is 30.6. The molecule has 0 saturated carbocycles. The molecule has 116 valence electrons. The molecule has 3 heterocycles. The van der Waals surface area contributed by atoms with Crippen LogP contribution in [0.15, 0.2) is 10.7 Å². The molecule has 0 aliphatic carbocycles. The monoisotopic (exact) mass is 313 g/mol. The molecule has 0 aromatic carbocycles. The van der Waals surface area contributed by atoms with Crippen molar-refractivity contribution in [3.05, 3.63) is 17.6 Å². The molecule has 3 atom stereocenters. The number of anilines is 1. The van der Waals surface area contributed by atoms with Gasteiger partial charge in [-0.05, 0) is 6.92 Å². The standard InChI is InChI=1S/C14H19NO5S/c1-7-8-6-20-11(14(2,3)4)9(8)15-12(16)10(19-5)13(15)21(7,17)18/h6-7,10,13H,1-5H3/t7-,10+,13-/m1/s1. The summed E-state index contributed by atoms with van der Waals surface area (Å²) in [5, 5.41) is -1.66. The van der Waals surface area contributed by atoms with Gasteiger partial charge in [0.15, 0.2) is 21.3 Å². The number of furan rings is 1. The quantitative estimate of drug-likeness (QED) is 0.738. The predicted octanol–water partition coefficient (Wildman–Crippen LogP) is 1.75. The minimum atomic E-state index is -3.52. The first kappa shape index (κ1) is 14.6. The van der Waals surface area contributed by atoms with Crippen LogP contribution in [0.2, 0.25) is 0 Å². The van der Waals surface area contributed by atoms with Crippen molar-refractivity contribution < 1.29 is 22.4 Å². The van der Waals surface area contributed by atoms with Crippen molar-refractivity contribution in [3.63, 3.8) is 0 Å². The molecule has 1 aromatic rings. The summed E-state index contributed by atoms with van der Waals surface area (Å²) in [4.78, 5) is 13.6. The van der Waals surface area contributed by atoms with Crippen molar-refractivity contribution >= 4 is 21.4 Å². The summed E-state index contributed by atoms with van der Waals surface area (Å²) in [6.07, 6.45) is 0.537. The molecule has 0 bridgehead atoms. The van der Waals surface area contributed by atoms with Gasteiger partial charge in [0, 0.05) is 18.1 Å². The van der Waals surface area contributed by atoms with E-state index in [4.69, 9.17) is 9.15 Å². The molecule has 2 aliphatic heterocycles. The van der Waals surface area contributed by atoms with Gasteiger partial charge in [-0.25, -0.2) is 8.42 Å². The van der Waals surface area contributed by atoms with Gasteiger partial charge in [-0.2, -0.15) is 0 Å². The van der Waals surface area contributed by atoms with E-state index in [9.17, 15) is 13.2 Å². The van der Waals surface area contributed by atoms with Gasteiger partial charge in [0.25, 0.3) is 5.91 Å². The van der Waals surface area contributed by atoms with E-state index in [1.54, 1.807) is 6.92 Å². The van der Waals surface area contributed by atoms with Crippen molar-refractivity contribution in [1.82, 2.24) is 0 Å². The number of β-lactam (4-membered cyclic amide) rings is 1. The molecule has 1 fully saturated rings. The van der Waals surface area contributed by atoms with Crippen LogP contribution in [0, 0.1) is 0 Å². The first-order chi connectivity index (χ1) is 9.62. The summed E-state index contributed by atoms with van der Waals surface area (Å²) in [6, 6.07) is 0. The van der Waals surface area contributed by atoms with Crippen molar-refractivity contribution in [2.24, 2.45) is 0 Å². The predicted molar refractivity (Wildman–Crippen MR) is 76.8 cm³/mol. The number of fused-ring (bicyclic) bond motifs is 3. The molecule has 1 saturated heterocycles. The van der Waals surface area contributed by atoms with Gasteiger partial charge >= 0.3 is 0 Å². The van der Waals surface area contributed by atoms with Crippen LogP contribution in [0.25, 0.3) is 0 Å². The summed E-state index contributed by atoms with van der Waals surface area (Å²) in [7, 11) is -2.17. The van der Waals surface area contributed by atoms with E-state index in [1.807, 2.05) is 20.8 Å². The van der Waals surface area contributed by atoms with E-state index in [0.29, 0.717) is 17.0 Å². The van der Waals surface area contributed by atoms with Gasteiger partial charge in [-0.15, -0.1) is 0 Å². The lowest BCUT2D eigenvalue weighted by Gasteiger charge is -2.49. The maximum atomic E-state index is 12.6. The lowest BCUT2D eigenvalue weighted by atomic mass is 9.89. The number of amides is 1. The third-order valence-electron chi connectivity index (χ3n) is 4.23. The highest BCUT2D eigenvalue weighted by atomic mass is 32.2. The summed E-state index contributed by atoms with van der Waals surface area (Å²) >= 11 is 0. The first-order valence-corrected chi connectivity index (χ1v) is 8.43. The first-order valence-electron chi connectivity index (χ1n) is 6.82. The van der Waals surface area contributed by atoms with Gasteiger partial charge in [0.05, 0.1) is 17.2 Å². The van der Waals surface area contributed by atoms with E-state index in [1.165, 1.54) is 18.3 Å². The summed E-state index contributed by atoms with van der Waals surface area (Å²) < 4.78 is 35.9. The minimum Gasteiger partial charge on any atom is -0.466 e. The second-order valence-corrected chi connectivity index (χ2v) is 8.97. The zero-order valence-electron chi connectivity index (χ0n) is 12.7. The molecule has 0 unspecified atom stereocenters. The Morgan fingerprint density at radius 3 is 2.48 bits per heavy atom. The summed E-state index contributed by atoms with van der Waals surface area (Å²) in [5.74, 6) is 0.304. The van der Waals surface area contributed by atoms with Crippen LogP contribution in [-0.4, -0.2) is 32.9 Å². The number of nitrogens with zero attached hydrogens (tertiary/aromatic N) is 1. The topological polar surface area (TPSA) is 76.8 Å². The van der Waals surface area contributed by atoms with Crippen molar-refractivity contribution in [1.29, 1.82) is 0 Å². The third kappa shape index (κ3) is 1.67. The number of ether oxygens (including phenoxy) is 1. The number of sulfone groups is 1. The second kappa shape index (κ2) is 4.10. The number of hydrogen-bond acceptors (Lipinski definition) is 5. The number of carbonyl (C=O) groups is 1. The van der Waals surface area contributed by atoms with Gasteiger partial charge in [0.2, 0.25) is 0 Å². The zero-order valence-corrected chi connectivity index (χ0v) is 13.5. The highest BCUT2D eigenvalue weighted by Gasteiger charge is 2.62. The van der Waals surface area contributed by atoms with Gasteiger partial charge in [-0.3, -0.25) is 9.69 Å². The van der Waals surface area contributed by atoms with Crippen LogP contribution in [-0.2, 0) is 24.8 Å². The molecule has 1 aromatic heterocycles. The zero-order chi connectivity index (χ0) is 15.7. The maximum Gasteiger partial charge on any atom is 0.260 e. The van der Waals surface area contributed by atoms with E-state index >= 15 is 0 Å².